The lowest BCUT2D eigenvalue weighted by atomic mass is 9.72. The molecule has 4 aliphatic rings. The number of amides is 2. The normalized spacial score (nSPS) is 18.8. The van der Waals surface area contributed by atoms with Crippen LogP contribution in [0.5, 0.6) is 0 Å². The molecule has 0 unspecified atom stereocenters. The van der Waals surface area contributed by atoms with Crippen LogP contribution in [0.2, 0.25) is 5.02 Å². The number of carbonyl (C=O) groups excluding carboxylic acids is 2. The molecule has 1 aliphatic carbocycles. The SMILES string of the molecule is CC1(C)CCC(CN2CCN(c3ccc(C(=O)NS(=O)(=O)c4ccc(NCC5(F)CCOCC5)c([N+](=O)[O-])c4)c(N4CC(=O)Nc5nc6[nH]ccc6cc54)c3)CC2)=C(c2ccc(Cl)cc2)C1. The van der Waals surface area contributed by atoms with Crippen molar-refractivity contribution in [1.82, 2.24) is 19.6 Å². The van der Waals surface area contributed by atoms with Gasteiger partial charge in [0.2, 0.25) is 5.91 Å². The topological polar surface area (TPSA) is 195 Å². The van der Waals surface area contributed by atoms with Crippen molar-refractivity contribution < 1.29 is 32.1 Å². The number of nitro benzene ring substituents is 1. The van der Waals surface area contributed by atoms with E-state index in [1.807, 2.05) is 24.3 Å². The summed E-state index contributed by atoms with van der Waals surface area (Å²) >= 11 is 6.25. The number of pyridine rings is 1. The standard InChI is InChI=1S/C47H51ClFN9O7S/c1-46(2)13-11-32(37(26-46)30-3-5-33(48)6-4-30)27-55-17-19-56(20-18-55)34-7-9-36(39(24-34)57-28-42(59)52-44-41(57)23-31-12-16-50-43(31)53-44)45(60)54-66(63,64)35-8-10-38(40(25-35)58(61)62)51-29-47(49)14-21-65-22-15-47/h3-10,12,16,23-25,51H,11,13-15,17-22,26-29H2,1-2H3,(H,54,60)(H2,50,52,53,59). The largest absolute Gasteiger partial charge is 0.381 e. The Balaban J connectivity index is 0.989. The molecule has 66 heavy (non-hydrogen) atoms. The maximum absolute atomic E-state index is 15.3. The van der Waals surface area contributed by atoms with E-state index in [9.17, 15) is 28.1 Å². The summed E-state index contributed by atoms with van der Waals surface area (Å²) in [5.74, 6) is -1.16. The minimum atomic E-state index is -4.71. The summed E-state index contributed by atoms with van der Waals surface area (Å²) in [6.07, 6.45) is 5.04. The number of hydrogen-bond acceptors (Lipinski definition) is 12. The van der Waals surface area contributed by atoms with Crippen LogP contribution in [-0.4, -0.2) is 105 Å². The smallest absolute Gasteiger partial charge is 0.293 e. The first-order valence-corrected chi connectivity index (χ1v) is 23.9. The van der Waals surface area contributed by atoms with Gasteiger partial charge in [0.1, 0.15) is 23.5 Å². The van der Waals surface area contributed by atoms with Gasteiger partial charge in [0.15, 0.2) is 5.82 Å². The number of piperazine rings is 1. The first-order chi connectivity index (χ1) is 31.5. The second-order valence-corrected chi connectivity index (χ2v) is 20.4. The van der Waals surface area contributed by atoms with Gasteiger partial charge in [0.05, 0.1) is 26.8 Å². The molecule has 2 amide bonds. The van der Waals surface area contributed by atoms with Gasteiger partial charge in [0, 0.05) is 93.7 Å². The predicted molar refractivity (Wildman–Crippen MR) is 253 cm³/mol. The van der Waals surface area contributed by atoms with E-state index in [1.54, 1.807) is 23.2 Å². The van der Waals surface area contributed by atoms with Gasteiger partial charge >= 0.3 is 0 Å². The number of aromatic nitrogens is 2. The Labute approximate surface area is 386 Å². The number of nitrogens with one attached hydrogen (secondary N) is 4. The van der Waals surface area contributed by atoms with Crippen molar-refractivity contribution in [3.8, 4) is 0 Å². The monoisotopic (exact) mass is 939 g/mol. The Hall–Kier alpha value is -6.08. The van der Waals surface area contributed by atoms with Gasteiger partial charge in [-0.05, 0) is 90.4 Å². The lowest BCUT2D eigenvalue weighted by Gasteiger charge is -2.39. The molecule has 346 valence electrons. The Morgan fingerprint density at radius 2 is 1.74 bits per heavy atom. The highest BCUT2D eigenvalue weighted by Crippen LogP contribution is 2.44. The molecule has 0 radical (unpaired) electrons. The summed E-state index contributed by atoms with van der Waals surface area (Å²) in [6.45, 7) is 8.35. The number of carbonyl (C=O) groups is 2. The molecule has 2 fully saturated rings. The fourth-order valence-corrected chi connectivity index (χ4v) is 10.4. The number of aromatic amines is 1. The molecular weight excluding hydrogens is 889 g/mol. The summed E-state index contributed by atoms with van der Waals surface area (Å²) in [5, 5.41) is 19.2. The van der Waals surface area contributed by atoms with E-state index < -0.39 is 43.0 Å². The van der Waals surface area contributed by atoms with Crippen LogP contribution in [0.15, 0.2) is 89.5 Å². The van der Waals surface area contributed by atoms with Crippen LogP contribution in [0.4, 0.5) is 38.6 Å². The van der Waals surface area contributed by atoms with Crippen LogP contribution in [-0.2, 0) is 19.6 Å². The number of benzene rings is 3. The van der Waals surface area contributed by atoms with Gasteiger partial charge in [-0.15, -0.1) is 0 Å². The third-order valence-electron chi connectivity index (χ3n) is 13.1. The third-order valence-corrected chi connectivity index (χ3v) is 14.7. The summed E-state index contributed by atoms with van der Waals surface area (Å²) in [6, 6.07) is 20.0. The van der Waals surface area contributed by atoms with Crippen molar-refractivity contribution in [1.29, 1.82) is 0 Å². The number of H-pyrrole nitrogens is 1. The maximum Gasteiger partial charge on any atom is 0.293 e. The molecule has 16 nitrogen and oxygen atoms in total. The lowest BCUT2D eigenvalue weighted by molar-refractivity contribution is -0.384. The average molecular weight is 940 g/mol. The van der Waals surface area contributed by atoms with Gasteiger partial charge in [-0.25, -0.2) is 22.5 Å². The Morgan fingerprint density at radius 3 is 2.48 bits per heavy atom. The van der Waals surface area contributed by atoms with Gasteiger partial charge in [-0.3, -0.25) is 24.6 Å². The summed E-state index contributed by atoms with van der Waals surface area (Å²) in [4.78, 5) is 52.4. The fraction of sp³-hybridized carbons (Fsp3) is 0.383. The van der Waals surface area contributed by atoms with Gasteiger partial charge in [-0.1, -0.05) is 43.2 Å². The molecule has 0 bridgehead atoms. The molecule has 5 aromatic rings. The van der Waals surface area contributed by atoms with E-state index in [0.29, 0.717) is 29.4 Å². The zero-order chi connectivity index (χ0) is 46.4. The first kappa shape index (κ1) is 45.1. The van der Waals surface area contributed by atoms with Crippen LogP contribution in [0.3, 0.4) is 0 Å². The van der Waals surface area contributed by atoms with Gasteiger partial charge in [-0.2, -0.15) is 0 Å². The number of ether oxygens (including phenoxy) is 1. The van der Waals surface area contributed by atoms with Crippen molar-refractivity contribution in [3.05, 3.63) is 111 Å². The van der Waals surface area contributed by atoms with Gasteiger partial charge < -0.3 is 30.2 Å². The zero-order valence-corrected chi connectivity index (χ0v) is 38.2. The zero-order valence-electron chi connectivity index (χ0n) is 36.7. The van der Waals surface area contributed by atoms with E-state index in [2.05, 4.69) is 61.1 Å². The Kier molecular flexibility index (Phi) is 12.3. The molecule has 0 spiro atoms. The predicted octanol–water partition coefficient (Wildman–Crippen LogP) is 8.05. The van der Waals surface area contributed by atoms with E-state index >= 15 is 4.39 Å². The number of fused-ring (bicyclic) bond motifs is 2. The minimum Gasteiger partial charge on any atom is -0.381 e. The minimum absolute atomic E-state index is 0.0600. The Morgan fingerprint density at radius 1 is 0.985 bits per heavy atom. The van der Waals surface area contributed by atoms with E-state index in [1.165, 1.54) is 28.8 Å². The molecule has 19 heteroatoms. The molecule has 4 N–H and O–H groups in total. The summed E-state index contributed by atoms with van der Waals surface area (Å²) in [7, 11) is -4.71. The number of alkyl halides is 1. The molecular formula is C47H51ClFN9O7S. The highest BCUT2D eigenvalue weighted by Gasteiger charge is 2.35. The average Bonchev–Trinajstić information content (AvgIpc) is 3.75. The molecule has 2 aromatic heterocycles. The number of nitrogens with zero attached hydrogens (tertiary/aromatic N) is 5. The molecule has 3 aromatic carbocycles. The maximum atomic E-state index is 15.3. The van der Waals surface area contributed by atoms with Crippen molar-refractivity contribution >= 4 is 84.3 Å². The van der Waals surface area contributed by atoms with Crippen LogP contribution >= 0.6 is 11.6 Å². The quantitative estimate of drug-likeness (QED) is 0.0696. The molecule has 0 atom stereocenters. The molecule has 3 aliphatic heterocycles. The molecule has 2 saturated heterocycles. The second-order valence-electron chi connectivity index (χ2n) is 18.3. The van der Waals surface area contributed by atoms with E-state index in [4.69, 9.17) is 16.3 Å². The number of sulfonamides is 1. The van der Waals surface area contributed by atoms with Crippen LogP contribution in [0, 0.1) is 15.5 Å². The van der Waals surface area contributed by atoms with Crippen LogP contribution in [0.1, 0.15) is 61.9 Å². The van der Waals surface area contributed by atoms with E-state index in [0.717, 1.165) is 62.1 Å². The summed E-state index contributed by atoms with van der Waals surface area (Å²) in [5.41, 5.74) is 3.89. The van der Waals surface area contributed by atoms with Crippen molar-refractivity contribution in [2.75, 3.05) is 79.5 Å². The van der Waals surface area contributed by atoms with Crippen LogP contribution in [0.25, 0.3) is 16.6 Å². The third kappa shape index (κ3) is 9.59. The fourth-order valence-electron chi connectivity index (χ4n) is 9.30. The van der Waals surface area contributed by atoms with Crippen LogP contribution < -0.4 is 25.2 Å². The highest BCUT2D eigenvalue weighted by molar-refractivity contribution is 7.90. The molecule has 9 rings (SSSR count). The lowest BCUT2D eigenvalue weighted by Crippen LogP contribution is -2.47. The van der Waals surface area contributed by atoms with Crippen molar-refractivity contribution in [2.24, 2.45) is 5.41 Å². The number of anilines is 5. The number of hydrogen-bond donors (Lipinski definition) is 4. The number of halogens is 2. The molecule has 5 heterocycles. The first-order valence-electron chi connectivity index (χ1n) is 22.0. The second kappa shape index (κ2) is 18.0. The van der Waals surface area contributed by atoms with E-state index in [-0.39, 0.29) is 67.3 Å². The summed E-state index contributed by atoms with van der Waals surface area (Å²) < 4.78 is 50.4. The Bertz CT molecular complexity index is 2860. The van der Waals surface area contributed by atoms with Gasteiger partial charge in [0.25, 0.3) is 21.6 Å². The highest BCUT2D eigenvalue weighted by atomic mass is 35.5. The number of rotatable bonds is 12. The number of nitro groups is 1. The number of allylic oxidation sites excluding steroid dienone is 1. The van der Waals surface area contributed by atoms with Crippen molar-refractivity contribution in [2.45, 2.75) is 56.5 Å². The van der Waals surface area contributed by atoms with Crippen molar-refractivity contribution in [3.63, 3.8) is 0 Å². The molecule has 0 saturated carbocycles.